The van der Waals surface area contributed by atoms with Crippen LogP contribution in [0.2, 0.25) is 0 Å². The summed E-state index contributed by atoms with van der Waals surface area (Å²) in [6.45, 7) is 0. The molecule has 1 heterocycles. The number of halogens is 1. The van der Waals surface area contributed by atoms with Crippen LogP contribution in [0.15, 0.2) is 89.3 Å². The van der Waals surface area contributed by atoms with Gasteiger partial charge in [-0.15, -0.1) is 10.2 Å². The van der Waals surface area contributed by atoms with E-state index in [2.05, 4.69) is 142 Å². The van der Waals surface area contributed by atoms with Gasteiger partial charge in [0.05, 0.1) is 23.5 Å². The molecule has 4 aromatic rings. The summed E-state index contributed by atoms with van der Waals surface area (Å²) in [6, 6.07) is 29.6. The SMILES string of the molecule is CN(C)c1ccccc1-c1cc(-c2ccccc2N(C)C)[o+]c(-c2ccccc2N(C)C)c1.[O-][Cl+3]([O-])([O-])[O-]. The van der Waals surface area contributed by atoms with E-state index in [1.165, 1.54) is 11.3 Å². The van der Waals surface area contributed by atoms with Crippen molar-refractivity contribution in [2.75, 3.05) is 57.0 Å². The minimum atomic E-state index is -4.94. The first-order chi connectivity index (χ1) is 17.9. The van der Waals surface area contributed by atoms with Gasteiger partial charge < -0.3 is 14.7 Å². The van der Waals surface area contributed by atoms with Gasteiger partial charge >= 0.3 is 11.5 Å². The van der Waals surface area contributed by atoms with Gasteiger partial charge in [0.25, 0.3) is 0 Å². The molecule has 0 aliphatic carbocycles. The quantitative estimate of drug-likeness (QED) is 0.343. The van der Waals surface area contributed by atoms with Crippen LogP contribution in [0.4, 0.5) is 17.1 Å². The second-order valence-electron chi connectivity index (χ2n) is 9.19. The fraction of sp³-hybridized carbons (Fsp3) is 0.207. The summed E-state index contributed by atoms with van der Waals surface area (Å²) in [4.78, 5) is 6.40. The average Bonchev–Trinajstić information content (AvgIpc) is 2.87. The van der Waals surface area contributed by atoms with Crippen LogP contribution in [-0.4, -0.2) is 42.3 Å². The second-order valence-corrected chi connectivity index (χ2v) is 9.94. The average molecular weight is 538 g/mol. The zero-order chi connectivity index (χ0) is 28.0. The lowest BCUT2D eigenvalue weighted by Crippen LogP contribution is -2.68. The number of benzene rings is 3. The lowest BCUT2D eigenvalue weighted by Gasteiger charge is -2.18. The largest absolute Gasteiger partial charge is 0.377 e. The fourth-order valence-corrected chi connectivity index (χ4v) is 4.17. The number of nitrogens with zero attached hydrogens (tertiary/aromatic N) is 3. The molecule has 200 valence electrons. The van der Waals surface area contributed by atoms with Crippen LogP contribution in [0.5, 0.6) is 0 Å². The zero-order valence-corrected chi connectivity index (χ0v) is 23.1. The molecule has 9 heteroatoms. The molecule has 38 heavy (non-hydrogen) atoms. The monoisotopic (exact) mass is 537 g/mol. The standard InChI is InChI=1S/C29H32N3O.ClHO4/c1-30(2)25-16-10-7-13-22(25)21-19-28(23-14-8-11-17-26(23)31(3)4)33-29(20-21)24-15-9-12-18-27(24)32(5)6;2-1(3,4)5/h7-20H,1-6H3;(H,2,3,4,5)/q+1;/p-1. The number of rotatable bonds is 6. The van der Waals surface area contributed by atoms with Gasteiger partial charge in [0.15, 0.2) is 0 Å². The lowest BCUT2D eigenvalue weighted by molar-refractivity contribution is -2.00. The number of hydrogen-bond donors (Lipinski definition) is 0. The van der Waals surface area contributed by atoms with Crippen molar-refractivity contribution >= 4 is 17.1 Å². The minimum absolute atomic E-state index is 0.842. The van der Waals surface area contributed by atoms with Gasteiger partial charge in [-0.3, -0.25) is 0 Å². The van der Waals surface area contributed by atoms with E-state index in [9.17, 15) is 0 Å². The molecule has 0 bridgehead atoms. The highest BCUT2D eigenvalue weighted by Gasteiger charge is 2.26. The van der Waals surface area contributed by atoms with Crippen LogP contribution in [0.1, 0.15) is 0 Å². The molecular formula is C29H32ClN3O5. The van der Waals surface area contributed by atoms with Crippen LogP contribution in [-0.2, 0) is 0 Å². The van der Waals surface area contributed by atoms with E-state index < -0.39 is 10.2 Å². The van der Waals surface area contributed by atoms with Crippen molar-refractivity contribution in [2.24, 2.45) is 0 Å². The maximum absolute atomic E-state index is 8.49. The molecule has 3 aromatic carbocycles. The molecule has 0 saturated carbocycles. The van der Waals surface area contributed by atoms with Gasteiger partial charge in [-0.1, -0.05) is 42.5 Å². The van der Waals surface area contributed by atoms with Crippen LogP contribution >= 0.6 is 0 Å². The molecule has 0 unspecified atom stereocenters. The summed E-state index contributed by atoms with van der Waals surface area (Å²) in [5.74, 6) is 1.68. The Morgan fingerprint density at radius 2 is 0.789 bits per heavy atom. The highest BCUT2D eigenvalue weighted by atomic mass is 35.7. The molecule has 0 fully saturated rings. The Morgan fingerprint density at radius 1 is 0.500 bits per heavy atom. The summed E-state index contributed by atoms with van der Waals surface area (Å²) in [5, 5.41) is 0. The van der Waals surface area contributed by atoms with Crippen LogP contribution < -0.4 is 33.3 Å². The molecule has 0 atom stereocenters. The first-order valence-corrected chi connectivity index (χ1v) is 13.0. The maximum Gasteiger partial charge on any atom is 0.363 e. The Bertz CT molecular complexity index is 1200. The Labute approximate surface area is 226 Å². The summed E-state index contributed by atoms with van der Waals surface area (Å²) in [6.07, 6.45) is 0. The van der Waals surface area contributed by atoms with Gasteiger partial charge in [-0.25, -0.2) is 23.1 Å². The predicted octanol–water partition coefficient (Wildman–Crippen LogP) is 2.00. The fourth-order valence-electron chi connectivity index (χ4n) is 4.17. The third-order valence-corrected chi connectivity index (χ3v) is 5.79. The molecule has 0 aliphatic heterocycles. The summed E-state index contributed by atoms with van der Waals surface area (Å²) < 4.78 is 40.6. The van der Waals surface area contributed by atoms with Crippen LogP contribution in [0, 0.1) is 10.2 Å². The molecule has 0 radical (unpaired) electrons. The van der Waals surface area contributed by atoms with Crippen molar-refractivity contribution < 1.29 is 33.3 Å². The smallest absolute Gasteiger partial charge is 0.363 e. The topological polar surface area (TPSA) is 113 Å². The van der Waals surface area contributed by atoms with Crippen molar-refractivity contribution in [1.82, 2.24) is 0 Å². The van der Waals surface area contributed by atoms with E-state index in [1.807, 2.05) is 0 Å². The van der Waals surface area contributed by atoms with Gasteiger partial charge in [-0.2, -0.15) is 0 Å². The maximum atomic E-state index is 8.49. The van der Waals surface area contributed by atoms with Crippen molar-refractivity contribution in [3.63, 3.8) is 0 Å². The first-order valence-electron chi connectivity index (χ1n) is 11.8. The number of anilines is 3. The highest BCUT2D eigenvalue weighted by Crippen LogP contribution is 2.40. The molecule has 0 saturated heterocycles. The first kappa shape index (κ1) is 28.9. The Balaban J connectivity index is 0.000000732. The number of para-hydroxylation sites is 3. The van der Waals surface area contributed by atoms with E-state index in [0.717, 1.165) is 39.6 Å². The predicted molar refractivity (Wildman–Crippen MR) is 142 cm³/mol. The normalized spacial score (nSPS) is 10.9. The van der Waals surface area contributed by atoms with Crippen molar-refractivity contribution in [3.05, 3.63) is 84.9 Å². The summed E-state index contributed by atoms with van der Waals surface area (Å²) in [7, 11) is 7.46. The Morgan fingerprint density at radius 3 is 1.13 bits per heavy atom. The van der Waals surface area contributed by atoms with Gasteiger partial charge in [0.1, 0.15) is 11.1 Å². The molecule has 8 nitrogen and oxygen atoms in total. The lowest BCUT2D eigenvalue weighted by atomic mass is 9.98. The molecule has 0 N–H and O–H groups in total. The van der Waals surface area contributed by atoms with Gasteiger partial charge in [0.2, 0.25) is 0 Å². The van der Waals surface area contributed by atoms with Crippen molar-refractivity contribution in [1.29, 1.82) is 0 Å². The van der Waals surface area contributed by atoms with E-state index in [4.69, 9.17) is 23.1 Å². The molecule has 0 aliphatic rings. The minimum Gasteiger partial charge on any atom is -0.377 e. The molecular weight excluding hydrogens is 506 g/mol. The van der Waals surface area contributed by atoms with Gasteiger partial charge in [-0.05, 0) is 30.3 Å². The van der Waals surface area contributed by atoms with Gasteiger partial charge in [0, 0.05) is 59.1 Å². The molecule has 0 spiro atoms. The van der Waals surface area contributed by atoms with Crippen molar-refractivity contribution in [2.45, 2.75) is 0 Å². The van der Waals surface area contributed by atoms with E-state index >= 15 is 0 Å². The molecule has 1 aromatic heterocycles. The van der Waals surface area contributed by atoms with Crippen LogP contribution in [0.25, 0.3) is 33.8 Å². The summed E-state index contributed by atoms with van der Waals surface area (Å²) >= 11 is 0. The number of hydrogen-bond acceptors (Lipinski definition) is 7. The summed E-state index contributed by atoms with van der Waals surface area (Å²) in [5.41, 5.74) is 7.83. The Hall–Kier alpha value is -3.66. The third-order valence-electron chi connectivity index (χ3n) is 5.79. The molecule has 0 amide bonds. The van der Waals surface area contributed by atoms with Crippen molar-refractivity contribution in [3.8, 4) is 33.8 Å². The third kappa shape index (κ3) is 7.44. The highest BCUT2D eigenvalue weighted by molar-refractivity contribution is 5.86. The van der Waals surface area contributed by atoms with Crippen LogP contribution in [0.3, 0.4) is 0 Å². The zero-order valence-electron chi connectivity index (χ0n) is 22.3. The van der Waals surface area contributed by atoms with E-state index in [1.54, 1.807) is 0 Å². The van der Waals surface area contributed by atoms with E-state index in [0.29, 0.717) is 0 Å². The van der Waals surface area contributed by atoms with E-state index in [-0.39, 0.29) is 0 Å². The second kappa shape index (κ2) is 12.3. The Kier molecular flexibility index (Phi) is 9.32. The molecule has 4 rings (SSSR count).